The number of benzene rings is 2. The van der Waals surface area contributed by atoms with E-state index < -0.39 is 17.9 Å². The first-order valence-corrected chi connectivity index (χ1v) is 11.3. The second kappa shape index (κ2) is 12.1. The molecule has 2 amide bonds. The van der Waals surface area contributed by atoms with Crippen molar-refractivity contribution in [2.24, 2.45) is 11.0 Å². The van der Waals surface area contributed by atoms with Crippen molar-refractivity contribution >= 4 is 61.5 Å². The normalized spacial score (nSPS) is 12.1. The molecule has 0 saturated carbocycles. The van der Waals surface area contributed by atoms with E-state index in [1.165, 1.54) is 6.21 Å². The fourth-order valence-electron chi connectivity index (χ4n) is 2.53. The van der Waals surface area contributed by atoms with Crippen molar-refractivity contribution < 1.29 is 19.4 Å². The highest BCUT2D eigenvalue weighted by atomic mass is 79.9. The molecule has 0 aromatic heterocycles. The zero-order valence-electron chi connectivity index (χ0n) is 16.9. The number of phenols is 1. The Balaban J connectivity index is 1.94. The van der Waals surface area contributed by atoms with Gasteiger partial charge in [0.05, 0.1) is 15.2 Å². The topological polar surface area (TPSA) is 100 Å². The first kappa shape index (κ1) is 25.2. The molecule has 166 valence electrons. The molecule has 2 rings (SSSR count). The molecule has 0 saturated heterocycles. The van der Waals surface area contributed by atoms with Crippen molar-refractivity contribution in [2.45, 2.75) is 26.3 Å². The molecule has 0 spiro atoms. The van der Waals surface area contributed by atoms with Crippen LogP contribution in [0.25, 0.3) is 0 Å². The second-order valence-corrected chi connectivity index (χ2v) is 9.20. The molecule has 0 fully saturated rings. The number of hydrazone groups is 1. The van der Waals surface area contributed by atoms with Crippen molar-refractivity contribution in [1.82, 2.24) is 10.7 Å². The van der Waals surface area contributed by atoms with Gasteiger partial charge in [-0.25, -0.2) is 5.43 Å². The van der Waals surface area contributed by atoms with Crippen LogP contribution in [0.1, 0.15) is 25.8 Å². The van der Waals surface area contributed by atoms with Crippen LogP contribution < -0.4 is 15.5 Å². The third-order valence-electron chi connectivity index (χ3n) is 3.97. The second-order valence-electron chi connectivity index (χ2n) is 7.06. The summed E-state index contributed by atoms with van der Waals surface area (Å²) in [6.45, 7) is 3.67. The lowest BCUT2D eigenvalue weighted by Gasteiger charge is -2.19. The maximum Gasteiger partial charge on any atom is 0.262 e. The SMILES string of the molecule is CC(C)C[C@H](NC(=O)COc1ccc(Cl)cc1)C(=O)N/N=C\c1cc(Br)c(O)c(Br)c1. The van der Waals surface area contributed by atoms with Crippen LogP contribution in [-0.2, 0) is 9.59 Å². The van der Waals surface area contributed by atoms with Crippen LogP contribution in [0.2, 0.25) is 5.02 Å². The summed E-state index contributed by atoms with van der Waals surface area (Å²) in [4.78, 5) is 24.8. The fourth-order valence-corrected chi connectivity index (χ4v) is 3.87. The fraction of sp³-hybridized carbons (Fsp3) is 0.286. The molecule has 2 aromatic carbocycles. The van der Waals surface area contributed by atoms with Crippen LogP contribution in [0, 0.1) is 5.92 Å². The number of hydrogen-bond donors (Lipinski definition) is 3. The molecule has 0 bridgehead atoms. The van der Waals surface area contributed by atoms with Crippen LogP contribution in [0.15, 0.2) is 50.4 Å². The van der Waals surface area contributed by atoms with E-state index in [1.807, 2.05) is 13.8 Å². The summed E-state index contributed by atoms with van der Waals surface area (Å²) >= 11 is 12.3. The van der Waals surface area contributed by atoms with Crippen molar-refractivity contribution in [1.29, 1.82) is 0 Å². The van der Waals surface area contributed by atoms with Gasteiger partial charge in [-0.15, -0.1) is 0 Å². The van der Waals surface area contributed by atoms with Crippen molar-refractivity contribution in [2.75, 3.05) is 6.61 Å². The summed E-state index contributed by atoms with van der Waals surface area (Å²) in [5.41, 5.74) is 3.09. The van der Waals surface area contributed by atoms with E-state index in [0.29, 0.717) is 31.7 Å². The zero-order chi connectivity index (χ0) is 23.0. The Morgan fingerprint density at radius 3 is 2.39 bits per heavy atom. The highest BCUT2D eigenvalue weighted by Gasteiger charge is 2.22. The number of halogens is 3. The molecule has 1 atom stereocenters. The molecular weight excluding hydrogens is 554 g/mol. The van der Waals surface area contributed by atoms with E-state index in [9.17, 15) is 14.7 Å². The van der Waals surface area contributed by atoms with Gasteiger partial charge >= 0.3 is 0 Å². The van der Waals surface area contributed by atoms with E-state index in [2.05, 4.69) is 47.7 Å². The van der Waals surface area contributed by atoms with Crippen LogP contribution >= 0.6 is 43.5 Å². The highest BCUT2D eigenvalue weighted by molar-refractivity contribution is 9.11. The lowest BCUT2D eigenvalue weighted by Crippen LogP contribution is -2.47. The lowest BCUT2D eigenvalue weighted by molar-refractivity contribution is -0.130. The van der Waals surface area contributed by atoms with E-state index in [0.717, 1.165) is 0 Å². The van der Waals surface area contributed by atoms with Gasteiger partial charge in [0.2, 0.25) is 0 Å². The molecule has 3 N–H and O–H groups in total. The van der Waals surface area contributed by atoms with Crippen molar-refractivity contribution in [3.63, 3.8) is 0 Å². The van der Waals surface area contributed by atoms with Gasteiger partial charge in [-0.1, -0.05) is 25.4 Å². The molecule has 0 aliphatic rings. The largest absolute Gasteiger partial charge is 0.506 e. The minimum Gasteiger partial charge on any atom is -0.506 e. The maximum atomic E-state index is 12.6. The average Bonchev–Trinajstić information content (AvgIpc) is 2.70. The van der Waals surface area contributed by atoms with E-state index in [1.54, 1.807) is 36.4 Å². The van der Waals surface area contributed by atoms with Crippen LogP contribution in [0.5, 0.6) is 11.5 Å². The van der Waals surface area contributed by atoms with Gasteiger partial charge in [0, 0.05) is 5.02 Å². The number of phenolic OH excluding ortho intramolecular Hbond substituents is 1. The van der Waals surface area contributed by atoms with Gasteiger partial charge in [0.1, 0.15) is 17.5 Å². The number of nitrogens with one attached hydrogen (secondary N) is 2. The number of hydrogen-bond acceptors (Lipinski definition) is 5. The van der Waals surface area contributed by atoms with Gasteiger partial charge < -0.3 is 15.2 Å². The summed E-state index contributed by atoms with van der Waals surface area (Å²) in [6.07, 6.45) is 1.87. The molecular formula is C21H22Br2ClN3O4. The number of rotatable bonds is 9. The number of ether oxygens (including phenoxy) is 1. The maximum absolute atomic E-state index is 12.6. The van der Waals surface area contributed by atoms with Gasteiger partial charge in [0.25, 0.3) is 11.8 Å². The Labute approximate surface area is 202 Å². The summed E-state index contributed by atoms with van der Waals surface area (Å²) in [5.74, 6) is -0.129. The molecule has 10 heteroatoms. The quantitative estimate of drug-likeness (QED) is 0.300. The summed E-state index contributed by atoms with van der Waals surface area (Å²) in [7, 11) is 0. The Kier molecular flexibility index (Phi) is 9.80. The molecule has 0 aliphatic carbocycles. The molecule has 0 heterocycles. The minimum absolute atomic E-state index is 0.0710. The highest BCUT2D eigenvalue weighted by Crippen LogP contribution is 2.32. The predicted molar refractivity (Wildman–Crippen MR) is 128 cm³/mol. The van der Waals surface area contributed by atoms with E-state index >= 15 is 0 Å². The average molecular weight is 576 g/mol. The van der Waals surface area contributed by atoms with Crippen molar-refractivity contribution in [3.8, 4) is 11.5 Å². The summed E-state index contributed by atoms with van der Waals surface area (Å²) < 4.78 is 6.39. The molecule has 0 aliphatic heterocycles. The molecule has 0 unspecified atom stereocenters. The third kappa shape index (κ3) is 8.51. The molecule has 0 radical (unpaired) electrons. The monoisotopic (exact) mass is 573 g/mol. The minimum atomic E-state index is -0.767. The first-order chi connectivity index (χ1) is 14.7. The van der Waals surface area contributed by atoms with Gasteiger partial charge in [0.15, 0.2) is 6.61 Å². The smallest absolute Gasteiger partial charge is 0.262 e. The van der Waals surface area contributed by atoms with Gasteiger partial charge in [-0.05, 0) is 86.2 Å². The Bertz CT molecular complexity index is 929. The van der Waals surface area contributed by atoms with Crippen LogP contribution in [0.4, 0.5) is 0 Å². The molecule has 2 aromatic rings. The zero-order valence-corrected chi connectivity index (χ0v) is 20.8. The molecule has 31 heavy (non-hydrogen) atoms. The lowest BCUT2D eigenvalue weighted by atomic mass is 10.0. The van der Waals surface area contributed by atoms with Gasteiger partial charge in [-0.3, -0.25) is 9.59 Å². The number of nitrogens with zero attached hydrogens (tertiary/aromatic N) is 1. The number of carbonyl (C=O) groups is 2. The Morgan fingerprint density at radius 1 is 1.19 bits per heavy atom. The van der Waals surface area contributed by atoms with Crippen LogP contribution in [-0.4, -0.2) is 35.8 Å². The first-order valence-electron chi connectivity index (χ1n) is 9.34. The summed E-state index contributed by atoms with van der Waals surface area (Å²) in [6, 6.07) is 9.16. The van der Waals surface area contributed by atoms with Crippen LogP contribution in [0.3, 0.4) is 0 Å². The number of amides is 2. The van der Waals surface area contributed by atoms with Crippen molar-refractivity contribution in [3.05, 3.63) is 55.9 Å². The number of aromatic hydroxyl groups is 1. The standard InChI is InChI=1S/C21H22Br2ClN3O4/c1-12(2)7-18(26-19(28)11-31-15-5-3-14(24)4-6-15)21(30)27-25-10-13-8-16(22)20(29)17(23)9-13/h3-6,8-10,12,18,29H,7,11H2,1-2H3,(H,26,28)(H,27,30)/b25-10-/t18-/m0/s1. The van der Waals surface area contributed by atoms with E-state index in [4.69, 9.17) is 16.3 Å². The summed E-state index contributed by atoms with van der Waals surface area (Å²) in [5, 5.41) is 16.9. The number of carbonyl (C=O) groups excluding carboxylic acids is 2. The van der Waals surface area contributed by atoms with E-state index in [-0.39, 0.29) is 18.3 Å². The predicted octanol–water partition coefficient (Wildman–Crippen LogP) is 4.63. The van der Waals surface area contributed by atoms with Gasteiger partial charge in [-0.2, -0.15) is 5.10 Å². The Hall–Kier alpha value is -2.10. The third-order valence-corrected chi connectivity index (χ3v) is 5.43. The molecule has 7 nitrogen and oxygen atoms in total. The Morgan fingerprint density at radius 2 is 1.81 bits per heavy atom.